The molecule has 0 aliphatic carbocycles. The highest BCUT2D eigenvalue weighted by Crippen LogP contribution is 2.37. The summed E-state index contributed by atoms with van der Waals surface area (Å²) in [6, 6.07) is 13.3. The minimum Gasteiger partial charge on any atom is -0.496 e. The number of ether oxygens (including phenoxy) is 2. The number of benzene rings is 2. The van der Waals surface area contributed by atoms with Gasteiger partial charge in [-0.05, 0) is 44.0 Å². The zero-order valence-electron chi connectivity index (χ0n) is 13.4. The molecule has 0 aliphatic rings. The molecule has 1 radical (unpaired) electrons. The van der Waals surface area contributed by atoms with Crippen LogP contribution in [-0.2, 0) is 6.42 Å². The molecule has 0 spiro atoms. The molecule has 0 saturated heterocycles. The highest BCUT2D eigenvalue weighted by molar-refractivity contribution is 5.53. The number of hydrogen-bond acceptors (Lipinski definition) is 3. The van der Waals surface area contributed by atoms with Gasteiger partial charge in [0.1, 0.15) is 17.2 Å². The van der Waals surface area contributed by atoms with Crippen LogP contribution in [0.3, 0.4) is 0 Å². The second-order valence-electron chi connectivity index (χ2n) is 5.68. The summed E-state index contributed by atoms with van der Waals surface area (Å²) in [7, 11) is 1.62. The summed E-state index contributed by atoms with van der Waals surface area (Å²) in [5.74, 6) is 2.09. The van der Waals surface area contributed by atoms with E-state index in [1.54, 1.807) is 7.11 Å². The van der Waals surface area contributed by atoms with Gasteiger partial charge in [0.2, 0.25) is 0 Å². The Balaban J connectivity index is 2.46. The predicted molar refractivity (Wildman–Crippen MR) is 88.6 cm³/mol. The van der Waals surface area contributed by atoms with Crippen LogP contribution >= 0.6 is 0 Å². The first-order valence-electron chi connectivity index (χ1n) is 7.44. The number of aliphatic hydroxyl groups is 1. The van der Waals surface area contributed by atoms with Gasteiger partial charge < -0.3 is 14.6 Å². The van der Waals surface area contributed by atoms with Crippen molar-refractivity contribution in [1.82, 2.24) is 0 Å². The topological polar surface area (TPSA) is 38.7 Å². The van der Waals surface area contributed by atoms with Gasteiger partial charge in [-0.15, -0.1) is 0 Å². The van der Waals surface area contributed by atoms with Gasteiger partial charge in [0, 0.05) is 12.0 Å². The van der Waals surface area contributed by atoms with Gasteiger partial charge in [-0.3, -0.25) is 0 Å². The molecule has 0 aliphatic heterocycles. The fraction of sp³-hybridized carbons (Fsp3) is 0.316. The molecule has 0 fully saturated rings. The molecule has 0 bridgehead atoms. The molecule has 2 rings (SSSR count). The average molecular weight is 299 g/mol. The lowest BCUT2D eigenvalue weighted by Crippen LogP contribution is -2.26. The van der Waals surface area contributed by atoms with Gasteiger partial charge >= 0.3 is 0 Å². The molecule has 0 aromatic heterocycles. The molecule has 2 aromatic rings. The minimum absolute atomic E-state index is 0.443. The third-order valence-electron chi connectivity index (χ3n) is 3.80. The summed E-state index contributed by atoms with van der Waals surface area (Å²) in [5.41, 5.74) is 0.785. The van der Waals surface area contributed by atoms with Crippen molar-refractivity contribution in [2.75, 3.05) is 7.11 Å². The van der Waals surface area contributed by atoms with E-state index in [9.17, 15) is 5.11 Å². The van der Waals surface area contributed by atoms with Crippen molar-refractivity contribution in [3.63, 3.8) is 0 Å². The third kappa shape index (κ3) is 3.80. The van der Waals surface area contributed by atoms with E-state index < -0.39 is 5.60 Å². The molecule has 2 aromatic carbocycles. The first-order chi connectivity index (χ1) is 10.5. The smallest absolute Gasteiger partial charge is 0.137 e. The lowest BCUT2D eigenvalue weighted by atomic mass is 9.92. The van der Waals surface area contributed by atoms with E-state index in [-0.39, 0.29) is 0 Å². The molecule has 0 amide bonds. The van der Waals surface area contributed by atoms with E-state index in [2.05, 4.69) is 6.92 Å². The van der Waals surface area contributed by atoms with E-state index in [0.29, 0.717) is 24.3 Å². The monoisotopic (exact) mass is 299 g/mol. The molecular formula is C19H23O3. The van der Waals surface area contributed by atoms with Crippen molar-refractivity contribution in [3.8, 4) is 17.2 Å². The zero-order chi connectivity index (χ0) is 16.2. The quantitative estimate of drug-likeness (QED) is 0.860. The van der Waals surface area contributed by atoms with Crippen LogP contribution in [0.4, 0.5) is 0 Å². The maximum atomic E-state index is 10.4. The fourth-order valence-corrected chi connectivity index (χ4v) is 2.26. The zero-order valence-corrected chi connectivity index (χ0v) is 13.4. The fourth-order valence-electron chi connectivity index (χ4n) is 2.26. The van der Waals surface area contributed by atoms with E-state index in [4.69, 9.17) is 9.47 Å². The summed E-state index contributed by atoms with van der Waals surface area (Å²) in [6.07, 6.45) is 1.08. The maximum Gasteiger partial charge on any atom is 0.137 e. The van der Waals surface area contributed by atoms with Crippen molar-refractivity contribution in [2.45, 2.75) is 32.3 Å². The van der Waals surface area contributed by atoms with Gasteiger partial charge in [0.15, 0.2) is 0 Å². The Hall–Kier alpha value is -2.00. The Kier molecular flexibility index (Phi) is 5.09. The maximum absolute atomic E-state index is 10.4. The van der Waals surface area contributed by atoms with Crippen LogP contribution in [0.15, 0.2) is 42.5 Å². The Morgan fingerprint density at radius 2 is 1.82 bits per heavy atom. The van der Waals surface area contributed by atoms with Crippen LogP contribution in [0, 0.1) is 6.92 Å². The largest absolute Gasteiger partial charge is 0.496 e. The van der Waals surface area contributed by atoms with E-state index in [0.717, 1.165) is 16.9 Å². The summed E-state index contributed by atoms with van der Waals surface area (Å²) in [5, 5.41) is 10.4. The Bertz CT molecular complexity index is 618. The number of rotatable bonds is 6. The summed E-state index contributed by atoms with van der Waals surface area (Å²) in [6.45, 7) is 7.82. The van der Waals surface area contributed by atoms with Gasteiger partial charge in [0.05, 0.1) is 12.7 Å². The van der Waals surface area contributed by atoms with Gasteiger partial charge in [-0.2, -0.15) is 0 Å². The molecule has 0 heterocycles. The lowest BCUT2D eigenvalue weighted by Gasteiger charge is -2.25. The molecular weight excluding hydrogens is 276 g/mol. The molecule has 1 unspecified atom stereocenters. The average Bonchev–Trinajstić information content (AvgIpc) is 2.52. The van der Waals surface area contributed by atoms with E-state index >= 15 is 0 Å². The summed E-state index contributed by atoms with van der Waals surface area (Å²) >= 11 is 0. The summed E-state index contributed by atoms with van der Waals surface area (Å²) < 4.78 is 11.5. The molecule has 22 heavy (non-hydrogen) atoms. The van der Waals surface area contributed by atoms with E-state index in [1.165, 1.54) is 0 Å². The van der Waals surface area contributed by atoms with Crippen LogP contribution < -0.4 is 9.47 Å². The normalized spacial score (nSPS) is 13.5. The molecule has 117 valence electrons. The molecule has 3 heteroatoms. The first kappa shape index (κ1) is 16.4. The lowest BCUT2D eigenvalue weighted by molar-refractivity contribution is 0.0553. The Labute approximate surface area is 132 Å². The molecule has 1 atom stereocenters. The Morgan fingerprint density at radius 3 is 2.41 bits per heavy atom. The second-order valence-corrected chi connectivity index (χ2v) is 5.68. The Morgan fingerprint density at radius 1 is 1.14 bits per heavy atom. The van der Waals surface area contributed by atoms with Gasteiger partial charge in [-0.25, -0.2) is 0 Å². The predicted octanol–water partition coefficient (Wildman–Crippen LogP) is 4.37. The van der Waals surface area contributed by atoms with Crippen LogP contribution in [0.2, 0.25) is 0 Å². The minimum atomic E-state index is -0.824. The molecule has 3 nitrogen and oxygen atoms in total. The highest BCUT2D eigenvalue weighted by Gasteiger charge is 2.24. The van der Waals surface area contributed by atoms with Crippen molar-refractivity contribution >= 4 is 0 Å². The van der Waals surface area contributed by atoms with Crippen LogP contribution in [0.5, 0.6) is 17.2 Å². The van der Waals surface area contributed by atoms with Crippen molar-refractivity contribution in [2.24, 2.45) is 0 Å². The number of para-hydroxylation sites is 1. The van der Waals surface area contributed by atoms with Gasteiger partial charge in [-0.1, -0.05) is 31.2 Å². The van der Waals surface area contributed by atoms with E-state index in [1.807, 2.05) is 56.3 Å². The van der Waals surface area contributed by atoms with Crippen LogP contribution in [-0.4, -0.2) is 17.8 Å². The second kappa shape index (κ2) is 6.84. The molecule has 1 N–H and O–H groups in total. The standard InChI is InChI=1S/C19H23O3/c1-5-19(3,20)13-16-17(21-4)12-11-14(2)18(16)22-15-9-7-6-8-10-15/h6-12,20H,2,5,13H2,1,3-4H3. The van der Waals surface area contributed by atoms with Crippen LogP contribution in [0.1, 0.15) is 31.4 Å². The molecule has 0 saturated carbocycles. The van der Waals surface area contributed by atoms with Crippen molar-refractivity contribution in [1.29, 1.82) is 0 Å². The van der Waals surface area contributed by atoms with Crippen LogP contribution in [0.25, 0.3) is 0 Å². The number of methoxy groups -OCH3 is 1. The third-order valence-corrected chi connectivity index (χ3v) is 3.80. The van der Waals surface area contributed by atoms with Crippen molar-refractivity contribution in [3.05, 3.63) is 60.5 Å². The number of hydrogen-bond donors (Lipinski definition) is 1. The highest BCUT2D eigenvalue weighted by atomic mass is 16.5. The first-order valence-corrected chi connectivity index (χ1v) is 7.44. The summed E-state index contributed by atoms with van der Waals surface area (Å²) in [4.78, 5) is 0. The van der Waals surface area contributed by atoms with Gasteiger partial charge in [0.25, 0.3) is 0 Å². The van der Waals surface area contributed by atoms with Crippen molar-refractivity contribution < 1.29 is 14.6 Å². The SMILES string of the molecule is [CH2]c1ccc(OC)c(CC(C)(O)CC)c1Oc1ccccc1.